The summed E-state index contributed by atoms with van der Waals surface area (Å²) in [5.74, 6) is 1.62. The van der Waals surface area contributed by atoms with Crippen LogP contribution in [0.3, 0.4) is 0 Å². The molecule has 0 fully saturated rings. The van der Waals surface area contributed by atoms with Crippen LogP contribution in [-0.4, -0.2) is 29.7 Å². The summed E-state index contributed by atoms with van der Waals surface area (Å²) >= 11 is 1.21. The van der Waals surface area contributed by atoms with Crippen molar-refractivity contribution < 1.29 is 12.9 Å². The second-order valence-electron chi connectivity index (χ2n) is 5.61. The van der Waals surface area contributed by atoms with Crippen molar-refractivity contribution in [3.05, 3.63) is 41.8 Å². The monoisotopic (exact) mass is 380 g/mol. The fourth-order valence-corrected chi connectivity index (χ4v) is 5.18. The van der Waals surface area contributed by atoms with Crippen LogP contribution in [0, 0.1) is 13.8 Å². The van der Waals surface area contributed by atoms with Crippen LogP contribution in [0.4, 0.5) is 0 Å². The van der Waals surface area contributed by atoms with Gasteiger partial charge in [-0.3, -0.25) is 0 Å². The number of hydrogen-bond acceptors (Lipinski definition) is 6. The number of hydrogen-bond donors (Lipinski definition) is 1. The summed E-state index contributed by atoms with van der Waals surface area (Å²) in [6.45, 7) is 6.53. The predicted octanol–water partition coefficient (Wildman–Crippen LogP) is 2.76. The highest BCUT2D eigenvalue weighted by molar-refractivity contribution is 7.91. The number of sulfonamides is 1. The molecule has 0 aliphatic rings. The van der Waals surface area contributed by atoms with Gasteiger partial charge >= 0.3 is 0 Å². The molecule has 0 radical (unpaired) electrons. The van der Waals surface area contributed by atoms with Gasteiger partial charge in [-0.2, -0.15) is 0 Å². The van der Waals surface area contributed by atoms with Crippen LogP contribution in [0.5, 0.6) is 0 Å². The summed E-state index contributed by atoms with van der Waals surface area (Å²) in [6.07, 6.45) is 4.39. The van der Waals surface area contributed by atoms with Crippen molar-refractivity contribution in [3.8, 4) is 10.4 Å². The van der Waals surface area contributed by atoms with Gasteiger partial charge in [0.15, 0.2) is 0 Å². The molecule has 0 saturated heterocycles. The molecule has 3 aromatic rings. The lowest BCUT2D eigenvalue weighted by Crippen LogP contribution is -2.27. The Labute approximate surface area is 150 Å². The molecule has 1 N–H and O–H groups in total. The number of nitrogens with one attached hydrogen (secondary N) is 1. The third kappa shape index (κ3) is 3.68. The molecule has 25 heavy (non-hydrogen) atoms. The molecule has 3 heterocycles. The normalized spacial score (nSPS) is 12.0. The van der Waals surface area contributed by atoms with E-state index in [2.05, 4.69) is 14.9 Å². The van der Waals surface area contributed by atoms with Gasteiger partial charge in [0.25, 0.3) is 0 Å². The highest BCUT2D eigenvalue weighted by Gasteiger charge is 2.20. The molecule has 9 heteroatoms. The first-order chi connectivity index (χ1) is 11.9. The molecule has 0 unspecified atom stereocenters. The Balaban J connectivity index is 1.71. The Kier molecular flexibility index (Phi) is 5.07. The van der Waals surface area contributed by atoms with Gasteiger partial charge in [0.2, 0.25) is 10.0 Å². The van der Waals surface area contributed by atoms with E-state index in [-0.39, 0.29) is 4.21 Å². The van der Waals surface area contributed by atoms with Gasteiger partial charge in [-0.05, 0) is 26.0 Å². The molecule has 0 aliphatic carbocycles. The van der Waals surface area contributed by atoms with E-state index in [9.17, 15) is 8.42 Å². The molecule has 0 saturated carbocycles. The molecule has 0 bridgehead atoms. The van der Waals surface area contributed by atoms with Gasteiger partial charge in [-0.15, -0.1) is 11.3 Å². The average molecular weight is 380 g/mol. The minimum Gasteiger partial charge on any atom is -0.361 e. The number of thiophene rings is 1. The number of rotatable bonds is 7. The highest BCUT2D eigenvalue weighted by Crippen LogP contribution is 2.34. The number of aryl methyl sites for hydroxylation is 3. The maximum absolute atomic E-state index is 12.5. The quantitative estimate of drug-likeness (QED) is 0.681. The zero-order chi connectivity index (χ0) is 18.0. The van der Waals surface area contributed by atoms with E-state index in [1.54, 1.807) is 18.3 Å². The Morgan fingerprint density at radius 1 is 1.32 bits per heavy atom. The summed E-state index contributed by atoms with van der Waals surface area (Å²) in [7, 11) is -3.55. The van der Waals surface area contributed by atoms with Crippen LogP contribution in [0.15, 0.2) is 33.3 Å². The van der Waals surface area contributed by atoms with Gasteiger partial charge in [0, 0.05) is 36.8 Å². The third-order valence-electron chi connectivity index (χ3n) is 3.89. The standard InChI is InChI=1S/C16H20N4O3S2/c1-4-14-17-7-9-20(14)10-8-18-25(21,22)15-6-5-13(24-15)16-11(2)19-23-12(16)3/h5-7,9,18H,4,8,10H2,1-3H3. The molecule has 7 nitrogen and oxygen atoms in total. The minimum atomic E-state index is -3.55. The zero-order valence-electron chi connectivity index (χ0n) is 14.3. The van der Waals surface area contributed by atoms with Crippen LogP contribution in [0.25, 0.3) is 10.4 Å². The Bertz CT molecular complexity index is 950. The van der Waals surface area contributed by atoms with Crippen LogP contribution in [0.1, 0.15) is 24.2 Å². The maximum atomic E-state index is 12.5. The topological polar surface area (TPSA) is 90.0 Å². The van der Waals surface area contributed by atoms with E-state index in [0.29, 0.717) is 18.8 Å². The second kappa shape index (κ2) is 7.11. The lowest BCUT2D eigenvalue weighted by molar-refractivity contribution is 0.393. The predicted molar refractivity (Wildman–Crippen MR) is 96.1 cm³/mol. The summed E-state index contributed by atoms with van der Waals surface area (Å²) in [4.78, 5) is 5.06. The average Bonchev–Trinajstić information content (AvgIpc) is 3.28. The first-order valence-electron chi connectivity index (χ1n) is 7.95. The fourth-order valence-electron chi connectivity index (χ4n) is 2.66. The molecule has 3 rings (SSSR count). The van der Waals surface area contributed by atoms with Crippen molar-refractivity contribution >= 4 is 21.4 Å². The van der Waals surface area contributed by atoms with Crippen LogP contribution < -0.4 is 4.72 Å². The molecule has 0 aromatic carbocycles. The Morgan fingerprint density at radius 2 is 2.12 bits per heavy atom. The first kappa shape index (κ1) is 17.8. The van der Waals surface area contributed by atoms with Crippen molar-refractivity contribution in [2.24, 2.45) is 0 Å². The third-order valence-corrected chi connectivity index (χ3v) is 6.94. The molecule has 0 spiro atoms. The second-order valence-corrected chi connectivity index (χ2v) is 8.68. The van der Waals surface area contributed by atoms with E-state index in [4.69, 9.17) is 4.52 Å². The highest BCUT2D eigenvalue weighted by atomic mass is 32.2. The van der Waals surface area contributed by atoms with Crippen molar-refractivity contribution in [3.63, 3.8) is 0 Å². The van der Waals surface area contributed by atoms with Crippen LogP contribution in [0.2, 0.25) is 0 Å². The maximum Gasteiger partial charge on any atom is 0.250 e. The largest absolute Gasteiger partial charge is 0.361 e. The van der Waals surface area contributed by atoms with Gasteiger partial charge in [-0.1, -0.05) is 12.1 Å². The summed E-state index contributed by atoms with van der Waals surface area (Å²) in [5.41, 5.74) is 1.61. The van der Waals surface area contributed by atoms with Gasteiger partial charge in [0.05, 0.1) is 11.3 Å². The summed E-state index contributed by atoms with van der Waals surface area (Å²) in [6, 6.07) is 3.40. The molecule has 134 valence electrons. The van der Waals surface area contributed by atoms with E-state index in [1.807, 2.05) is 31.5 Å². The lowest BCUT2D eigenvalue weighted by Gasteiger charge is -2.08. The van der Waals surface area contributed by atoms with E-state index in [0.717, 1.165) is 28.4 Å². The smallest absolute Gasteiger partial charge is 0.250 e. The zero-order valence-corrected chi connectivity index (χ0v) is 15.9. The number of imidazole rings is 1. The molecule has 0 atom stereocenters. The Morgan fingerprint density at radius 3 is 2.80 bits per heavy atom. The van der Waals surface area contributed by atoms with E-state index >= 15 is 0 Å². The first-order valence-corrected chi connectivity index (χ1v) is 10.2. The van der Waals surface area contributed by atoms with E-state index in [1.165, 1.54) is 11.3 Å². The van der Waals surface area contributed by atoms with Crippen LogP contribution >= 0.6 is 11.3 Å². The number of nitrogens with zero attached hydrogens (tertiary/aromatic N) is 3. The Hall–Kier alpha value is -1.97. The van der Waals surface area contributed by atoms with Crippen molar-refractivity contribution in [2.75, 3.05) is 6.54 Å². The number of aromatic nitrogens is 3. The van der Waals surface area contributed by atoms with Crippen molar-refractivity contribution in [2.45, 2.75) is 37.9 Å². The van der Waals surface area contributed by atoms with Gasteiger partial charge in [-0.25, -0.2) is 18.1 Å². The van der Waals surface area contributed by atoms with Gasteiger partial charge in [0.1, 0.15) is 15.8 Å². The SMILES string of the molecule is CCc1nccn1CCNS(=O)(=O)c1ccc(-c2c(C)noc2C)s1. The fraction of sp³-hybridized carbons (Fsp3) is 0.375. The molecule has 0 aliphatic heterocycles. The van der Waals surface area contributed by atoms with Crippen LogP contribution in [-0.2, 0) is 23.0 Å². The molecule has 3 aromatic heterocycles. The minimum absolute atomic E-state index is 0.281. The molecular formula is C16H20N4O3S2. The van der Waals surface area contributed by atoms with Crippen molar-refractivity contribution in [1.29, 1.82) is 0 Å². The van der Waals surface area contributed by atoms with E-state index < -0.39 is 10.0 Å². The lowest BCUT2D eigenvalue weighted by atomic mass is 10.2. The molecule has 0 amide bonds. The molecular weight excluding hydrogens is 360 g/mol. The van der Waals surface area contributed by atoms with Gasteiger partial charge < -0.3 is 9.09 Å². The summed E-state index contributed by atoms with van der Waals surface area (Å²) in [5, 5.41) is 3.92. The van der Waals surface area contributed by atoms with Crippen molar-refractivity contribution in [1.82, 2.24) is 19.4 Å². The summed E-state index contributed by atoms with van der Waals surface area (Å²) < 4.78 is 35.0.